The van der Waals surface area contributed by atoms with Crippen LogP contribution in [0.4, 0.5) is 0 Å². The molecule has 1 fully saturated rings. The van der Waals surface area contributed by atoms with E-state index in [1.54, 1.807) is 6.92 Å². The van der Waals surface area contributed by atoms with Gasteiger partial charge in [-0.15, -0.1) is 0 Å². The summed E-state index contributed by atoms with van der Waals surface area (Å²) in [4.78, 5) is 13.6. The molecule has 0 spiro atoms. The molecule has 1 amide bonds. The minimum Gasteiger partial charge on any atom is -0.338 e. The number of carbonyl (C=O) groups excluding carboxylic acids is 1. The number of amides is 1. The van der Waals surface area contributed by atoms with Gasteiger partial charge >= 0.3 is 0 Å². The summed E-state index contributed by atoms with van der Waals surface area (Å²) < 4.78 is 0. The summed E-state index contributed by atoms with van der Waals surface area (Å²) in [7, 11) is 0. The summed E-state index contributed by atoms with van der Waals surface area (Å²) in [5, 5.41) is 0. The summed E-state index contributed by atoms with van der Waals surface area (Å²) in [5.74, 6) is 0.638. The van der Waals surface area contributed by atoms with E-state index in [1.165, 1.54) is 0 Å². The topological polar surface area (TPSA) is 46.3 Å². The molecule has 0 aromatic carbocycles. The highest BCUT2D eigenvalue weighted by Gasteiger charge is 2.33. The molecule has 0 saturated heterocycles. The fourth-order valence-electron chi connectivity index (χ4n) is 1.46. The summed E-state index contributed by atoms with van der Waals surface area (Å²) in [6, 6.07) is 0.139. The van der Waals surface area contributed by atoms with Crippen LogP contribution in [0.1, 0.15) is 33.6 Å². The zero-order chi connectivity index (χ0) is 10.0. The molecule has 3 heteroatoms. The quantitative estimate of drug-likeness (QED) is 0.708. The van der Waals surface area contributed by atoms with E-state index in [9.17, 15) is 4.79 Å². The van der Waals surface area contributed by atoms with Crippen molar-refractivity contribution in [3.8, 4) is 0 Å². The zero-order valence-corrected chi connectivity index (χ0v) is 8.79. The Labute approximate surface area is 80.3 Å². The van der Waals surface area contributed by atoms with Crippen LogP contribution in [-0.4, -0.2) is 29.4 Å². The lowest BCUT2D eigenvalue weighted by Gasteiger charge is -2.26. The lowest BCUT2D eigenvalue weighted by Crippen LogP contribution is -2.44. The zero-order valence-electron chi connectivity index (χ0n) is 8.79. The van der Waals surface area contributed by atoms with Gasteiger partial charge in [0.05, 0.1) is 6.04 Å². The van der Waals surface area contributed by atoms with Crippen LogP contribution in [0.2, 0.25) is 0 Å². The van der Waals surface area contributed by atoms with Gasteiger partial charge in [-0.05, 0) is 25.7 Å². The van der Waals surface area contributed by atoms with Crippen molar-refractivity contribution in [2.45, 2.75) is 45.7 Å². The summed E-state index contributed by atoms with van der Waals surface area (Å²) in [6.07, 6.45) is 2.32. The smallest absolute Gasteiger partial charge is 0.239 e. The predicted molar refractivity (Wildman–Crippen MR) is 53.2 cm³/mol. The van der Waals surface area contributed by atoms with E-state index in [-0.39, 0.29) is 11.9 Å². The largest absolute Gasteiger partial charge is 0.338 e. The van der Waals surface area contributed by atoms with Gasteiger partial charge in [0, 0.05) is 12.6 Å². The molecule has 0 radical (unpaired) electrons. The lowest BCUT2D eigenvalue weighted by atomic mass is 10.2. The Bertz CT molecular complexity index is 185. The maximum absolute atomic E-state index is 11.7. The molecular weight excluding hydrogens is 164 g/mol. The van der Waals surface area contributed by atoms with Gasteiger partial charge in [-0.1, -0.05) is 13.8 Å². The molecule has 0 unspecified atom stereocenters. The fourth-order valence-corrected chi connectivity index (χ4v) is 1.46. The van der Waals surface area contributed by atoms with E-state index in [1.807, 2.05) is 4.90 Å². The van der Waals surface area contributed by atoms with Gasteiger partial charge in [0.25, 0.3) is 0 Å². The SMILES string of the molecule is CC(C)CN(C(=O)[C@H](C)N)C1CC1. The minimum atomic E-state index is -0.348. The molecule has 0 aromatic rings. The third-order valence-corrected chi connectivity index (χ3v) is 2.22. The number of hydrogen-bond donors (Lipinski definition) is 1. The highest BCUT2D eigenvalue weighted by molar-refractivity contribution is 5.81. The second-order valence-electron chi connectivity index (χ2n) is 4.40. The van der Waals surface area contributed by atoms with Gasteiger partial charge in [0.1, 0.15) is 0 Å². The van der Waals surface area contributed by atoms with Gasteiger partial charge in [-0.2, -0.15) is 0 Å². The monoisotopic (exact) mass is 184 g/mol. The average Bonchev–Trinajstić information content (AvgIpc) is 2.80. The van der Waals surface area contributed by atoms with Crippen LogP contribution in [0.15, 0.2) is 0 Å². The van der Waals surface area contributed by atoms with Crippen molar-refractivity contribution in [3.63, 3.8) is 0 Å². The van der Waals surface area contributed by atoms with E-state index in [0.717, 1.165) is 19.4 Å². The van der Waals surface area contributed by atoms with Gasteiger partial charge in [-0.25, -0.2) is 0 Å². The van der Waals surface area contributed by atoms with E-state index in [4.69, 9.17) is 5.73 Å². The Hall–Kier alpha value is -0.570. The number of hydrogen-bond acceptors (Lipinski definition) is 2. The predicted octanol–water partition coefficient (Wildman–Crippen LogP) is 0.981. The molecule has 0 bridgehead atoms. The van der Waals surface area contributed by atoms with E-state index < -0.39 is 0 Å². The van der Waals surface area contributed by atoms with Crippen molar-refractivity contribution in [1.29, 1.82) is 0 Å². The van der Waals surface area contributed by atoms with E-state index >= 15 is 0 Å². The minimum absolute atomic E-state index is 0.108. The molecular formula is C10H20N2O. The van der Waals surface area contributed by atoms with Crippen LogP contribution in [-0.2, 0) is 4.79 Å². The van der Waals surface area contributed by atoms with Crippen LogP contribution in [0.25, 0.3) is 0 Å². The maximum atomic E-state index is 11.7. The molecule has 0 aromatic heterocycles. The molecule has 13 heavy (non-hydrogen) atoms. The first-order valence-corrected chi connectivity index (χ1v) is 5.08. The van der Waals surface area contributed by atoms with Crippen LogP contribution in [0.5, 0.6) is 0 Å². The van der Waals surface area contributed by atoms with E-state index in [2.05, 4.69) is 13.8 Å². The highest BCUT2D eigenvalue weighted by atomic mass is 16.2. The van der Waals surface area contributed by atoms with Crippen molar-refractivity contribution >= 4 is 5.91 Å². The third-order valence-electron chi connectivity index (χ3n) is 2.22. The first kappa shape index (κ1) is 10.5. The summed E-state index contributed by atoms with van der Waals surface area (Å²) in [5.41, 5.74) is 5.59. The molecule has 2 N–H and O–H groups in total. The van der Waals surface area contributed by atoms with E-state index in [0.29, 0.717) is 12.0 Å². The van der Waals surface area contributed by atoms with Crippen molar-refractivity contribution in [2.24, 2.45) is 11.7 Å². The maximum Gasteiger partial charge on any atom is 0.239 e. The number of nitrogens with zero attached hydrogens (tertiary/aromatic N) is 1. The molecule has 1 atom stereocenters. The van der Waals surface area contributed by atoms with Crippen molar-refractivity contribution in [1.82, 2.24) is 4.90 Å². The Kier molecular flexibility index (Phi) is 3.31. The van der Waals surface area contributed by atoms with Gasteiger partial charge in [0.2, 0.25) is 5.91 Å². The molecule has 1 rings (SSSR count). The molecule has 1 saturated carbocycles. The van der Waals surface area contributed by atoms with Crippen LogP contribution >= 0.6 is 0 Å². The van der Waals surface area contributed by atoms with Crippen LogP contribution < -0.4 is 5.73 Å². The Morgan fingerprint density at radius 2 is 2.00 bits per heavy atom. The number of carbonyl (C=O) groups is 1. The molecule has 3 nitrogen and oxygen atoms in total. The van der Waals surface area contributed by atoms with Crippen molar-refractivity contribution in [3.05, 3.63) is 0 Å². The van der Waals surface area contributed by atoms with Crippen LogP contribution in [0, 0.1) is 5.92 Å². The standard InChI is InChI=1S/C10H20N2O/c1-7(2)6-12(9-4-5-9)10(13)8(3)11/h7-9H,4-6,11H2,1-3H3/t8-/m0/s1. The summed E-state index contributed by atoms with van der Waals surface area (Å²) in [6.45, 7) is 6.87. The average molecular weight is 184 g/mol. The van der Waals surface area contributed by atoms with Gasteiger partial charge < -0.3 is 10.6 Å². The normalized spacial score (nSPS) is 18.8. The van der Waals surface area contributed by atoms with Crippen LogP contribution in [0.3, 0.4) is 0 Å². The van der Waals surface area contributed by atoms with Gasteiger partial charge in [0.15, 0.2) is 0 Å². The first-order chi connectivity index (χ1) is 6.02. The molecule has 0 heterocycles. The second-order valence-corrected chi connectivity index (χ2v) is 4.40. The fraction of sp³-hybridized carbons (Fsp3) is 0.900. The molecule has 1 aliphatic rings. The Morgan fingerprint density at radius 1 is 1.46 bits per heavy atom. The molecule has 0 aliphatic heterocycles. The number of nitrogens with two attached hydrogens (primary N) is 1. The van der Waals surface area contributed by atoms with Gasteiger partial charge in [-0.3, -0.25) is 4.79 Å². The summed E-state index contributed by atoms with van der Waals surface area (Å²) >= 11 is 0. The van der Waals surface area contributed by atoms with Crippen molar-refractivity contribution < 1.29 is 4.79 Å². The van der Waals surface area contributed by atoms with Crippen molar-refractivity contribution in [2.75, 3.05) is 6.54 Å². The highest BCUT2D eigenvalue weighted by Crippen LogP contribution is 2.27. The molecule has 1 aliphatic carbocycles. The Balaban J connectivity index is 2.51. The third kappa shape index (κ3) is 2.99. The molecule has 76 valence electrons. The second kappa shape index (κ2) is 4.09. The number of rotatable bonds is 4. The Morgan fingerprint density at radius 3 is 2.31 bits per heavy atom. The first-order valence-electron chi connectivity index (χ1n) is 5.08. The lowest BCUT2D eigenvalue weighted by molar-refractivity contribution is -0.133.